The molecule has 0 aliphatic heterocycles. The van der Waals surface area contributed by atoms with Gasteiger partial charge in [0.2, 0.25) is 0 Å². The van der Waals surface area contributed by atoms with Crippen molar-refractivity contribution < 1.29 is 9.72 Å². The average Bonchev–Trinajstić information content (AvgIpc) is 3.00. The van der Waals surface area contributed by atoms with Gasteiger partial charge in [-0.3, -0.25) is 19.6 Å². The molecule has 1 heterocycles. The number of nitrogens with two attached hydrogens (primary N) is 2. The van der Waals surface area contributed by atoms with Crippen LogP contribution < -0.4 is 11.5 Å². The molecule has 0 saturated carbocycles. The van der Waals surface area contributed by atoms with Crippen molar-refractivity contribution in [3.8, 4) is 11.3 Å². The Labute approximate surface area is 165 Å². The Kier molecular flexibility index (Phi) is 7.98. The minimum Gasteiger partial charge on any atom is -0.382 e. The maximum Gasteiger partial charge on any atom is 0.269 e. The van der Waals surface area contributed by atoms with Crippen molar-refractivity contribution in [3.63, 3.8) is 0 Å². The third-order valence-corrected chi connectivity index (χ3v) is 4.80. The molecule has 4 N–H and O–H groups in total. The third-order valence-electron chi connectivity index (χ3n) is 4.80. The van der Waals surface area contributed by atoms with Crippen LogP contribution in [0.5, 0.6) is 0 Å². The zero-order chi connectivity index (χ0) is 20.5. The normalized spacial score (nSPS) is 10.9. The Morgan fingerprint density at radius 1 is 1.07 bits per heavy atom. The van der Waals surface area contributed by atoms with Crippen molar-refractivity contribution >= 4 is 17.4 Å². The first-order chi connectivity index (χ1) is 13.5. The van der Waals surface area contributed by atoms with Crippen molar-refractivity contribution in [3.05, 3.63) is 39.9 Å². The van der Waals surface area contributed by atoms with E-state index in [-0.39, 0.29) is 17.1 Å². The van der Waals surface area contributed by atoms with Gasteiger partial charge in [0.25, 0.3) is 11.6 Å². The molecule has 0 aliphatic carbocycles. The Morgan fingerprint density at radius 3 is 2.18 bits per heavy atom. The maximum absolute atomic E-state index is 11.9. The van der Waals surface area contributed by atoms with Crippen LogP contribution in [0.3, 0.4) is 0 Å². The molecule has 2 rings (SSSR count). The zero-order valence-corrected chi connectivity index (χ0v) is 16.4. The molecule has 152 valence electrons. The van der Waals surface area contributed by atoms with E-state index in [0.717, 1.165) is 19.3 Å². The number of nitro benzene ring substituents is 1. The van der Waals surface area contributed by atoms with Gasteiger partial charge in [-0.05, 0) is 18.6 Å². The number of hydrogen-bond donors (Lipinski definition) is 2. The van der Waals surface area contributed by atoms with Crippen LogP contribution in [-0.2, 0) is 6.54 Å². The smallest absolute Gasteiger partial charge is 0.269 e. The third kappa shape index (κ3) is 5.55. The fourth-order valence-electron chi connectivity index (χ4n) is 3.31. The summed E-state index contributed by atoms with van der Waals surface area (Å²) in [4.78, 5) is 22.3. The second-order valence-corrected chi connectivity index (χ2v) is 6.98. The highest BCUT2D eigenvalue weighted by atomic mass is 16.6. The quantitative estimate of drug-likeness (QED) is 0.319. The van der Waals surface area contributed by atoms with Crippen LogP contribution in [0.1, 0.15) is 68.6 Å². The van der Waals surface area contributed by atoms with Gasteiger partial charge in [-0.25, -0.2) is 0 Å². The molecular formula is C20H29N5O3. The first-order valence-electron chi connectivity index (χ1n) is 9.86. The van der Waals surface area contributed by atoms with E-state index >= 15 is 0 Å². The van der Waals surface area contributed by atoms with E-state index in [1.165, 1.54) is 44.2 Å². The van der Waals surface area contributed by atoms with Crippen molar-refractivity contribution in [1.82, 2.24) is 9.78 Å². The van der Waals surface area contributed by atoms with E-state index in [1.807, 2.05) is 0 Å². The summed E-state index contributed by atoms with van der Waals surface area (Å²) in [6.45, 7) is 2.82. The number of anilines is 1. The summed E-state index contributed by atoms with van der Waals surface area (Å²) in [6.07, 6.45) is 9.46. The summed E-state index contributed by atoms with van der Waals surface area (Å²) in [5.41, 5.74) is 12.7. The largest absolute Gasteiger partial charge is 0.382 e. The topological polar surface area (TPSA) is 130 Å². The number of amides is 1. The van der Waals surface area contributed by atoms with E-state index in [1.54, 1.807) is 16.8 Å². The van der Waals surface area contributed by atoms with Crippen molar-refractivity contribution in [2.24, 2.45) is 5.73 Å². The predicted molar refractivity (Wildman–Crippen MR) is 110 cm³/mol. The number of aromatic nitrogens is 2. The second kappa shape index (κ2) is 10.4. The standard InChI is InChI=1S/C20H29N5O3/c1-2-3-4-5-6-7-8-9-14-24-18(17(20(22)26)19(21)23-24)15-10-12-16(13-11-15)25(27)28/h10-13H,2-9,14H2,1H3,(H2,21,23)(H2,22,26). The molecule has 8 nitrogen and oxygen atoms in total. The van der Waals surface area contributed by atoms with Crippen molar-refractivity contribution in [2.45, 2.75) is 64.8 Å². The Bertz CT molecular complexity index is 799. The van der Waals surface area contributed by atoms with Gasteiger partial charge >= 0.3 is 0 Å². The molecule has 2 aromatic rings. The molecular weight excluding hydrogens is 358 g/mol. The highest BCUT2D eigenvalue weighted by Gasteiger charge is 2.22. The number of carbonyl (C=O) groups is 1. The lowest BCUT2D eigenvalue weighted by atomic mass is 10.1. The van der Waals surface area contributed by atoms with Crippen molar-refractivity contribution in [2.75, 3.05) is 5.73 Å². The number of nitro groups is 1. The fraction of sp³-hybridized carbons (Fsp3) is 0.500. The number of unbranched alkanes of at least 4 members (excludes halogenated alkanes) is 7. The first-order valence-corrected chi connectivity index (χ1v) is 9.86. The summed E-state index contributed by atoms with van der Waals surface area (Å²) >= 11 is 0. The number of rotatable bonds is 12. The monoisotopic (exact) mass is 387 g/mol. The molecule has 1 aromatic carbocycles. The maximum atomic E-state index is 11.9. The number of primary amides is 1. The summed E-state index contributed by atoms with van der Waals surface area (Å²) < 4.78 is 1.69. The molecule has 0 aliphatic rings. The Morgan fingerprint density at radius 2 is 1.64 bits per heavy atom. The molecule has 0 spiro atoms. The lowest BCUT2D eigenvalue weighted by Gasteiger charge is -2.09. The van der Waals surface area contributed by atoms with Gasteiger partial charge in [-0.15, -0.1) is 0 Å². The number of aryl methyl sites for hydroxylation is 1. The first kappa shape index (κ1) is 21.4. The van der Waals surface area contributed by atoms with Gasteiger partial charge in [0.15, 0.2) is 5.82 Å². The molecule has 0 unspecified atom stereocenters. The van der Waals surface area contributed by atoms with Gasteiger partial charge in [0, 0.05) is 24.2 Å². The van der Waals surface area contributed by atoms with Crippen LogP contribution in [0, 0.1) is 10.1 Å². The van der Waals surface area contributed by atoms with Crippen LogP contribution in [0.4, 0.5) is 11.5 Å². The molecule has 1 aromatic heterocycles. The molecule has 28 heavy (non-hydrogen) atoms. The lowest BCUT2D eigenvalue weighted by molar-refractivity contribution is -0.384. The van der Waals surface area contributed by atoms with Crippen LogP contribution in [0.25, 0.3) is 11.3 Å². The fourth-order valence-corrected chi connectivity index (χ4v) is 3.31. The van der Waals surface area contributed by atoms with Gasteiger partial charge in [-0.2, -0.15) is 5.10 Å². The minimum absolute atomic E-state index is 0.0218. The number of nitrogen functional groups attached to an aromatic ring is 1. The van der Waals surface area contributed by atoms with Gasteiger partial charge in [0.05, 0.1) is 10.6 Å². The zero-order valence-electron chi connectivity index (χ0n) is 16.4. The Hall–Kier alpha value is -2.90. The van der Waals surface area contributed by atoms with Crippen LogP contribution in [0.2, 0.25) is 0 Å². The molecule has 0 saturated heterocycles. The molecule has 0 radical (unpaired) electrons. The highest BCUT2D eigenvalue weighted by molar-refractivity contribution is 6.03. The predicted octanol–water partition coefficient (Wildman–Crippen LogP) is 4.28. The van der Waals surface area contributed by atoms with Crippen LogP contribution in [-0.4, -0.2) is 20.6 Å². The number of hydrogen-bond acceptors (Lipinski definition) is 5. The number of benzene rings is 1. The highest BCUT2D eigenvalue weighted by Crippen LogP contribution is 2.29. The van der Waals surface area contributed by atoms with E-state index in [2.05, 4.69) is 12.0 Å². The SMILES string of the molecule is CCCCCCCCCCn1nc(N)c(C(N)=O)c1-c1ccc([N+](=O)[O-])cc1. The van der Waals surface area contributed by atoms with Gasteiger partial charge in [0.1, 0.15) is 5.56 Å². The van der Waals surface area contributed by atoms with Crippen molar-refractivity contribution in [1.29, 1.82) is 0 Å². The van der Waals surface area contributed by atoms with Crippen LogP contribution in [0.15, 0.2) is 24.3 Å². The number of nitrogens with zero attached hydrogens (tertiary/aromatic N) is 3. The summed E-state index contributed by atoms with van der Waals surface area (Å²) in [6, 6.07) is 5.96. The molecule has 8 heteroatoms. The van der Waals surface area contributed by atoms with Crippen LogP contribution >= 0.6 is 0 Å². The number of carbonyl (C=O) groups excluding carboxylic acids is 1. The molecule has 0 bridgehead atoms. The molecule has 1 amide bonds. The van der Waals surface area contributed by atoms with Gasteiger partial charge < -0.3 is 11.5 Å². The number of non-ortho nitro benzene ring substituents is 1. The minimum atomic E-state index is -0.659. The second-order valence-electron chi connectivity index (χ2n) is 6.98. The molecule has 0 atom stereocenters. The van der Waals surface area contributed by atoms with E-state index in [0.29, 0.717) is 17.8 Å². The summed E-state index contributed by atoms with van der Waals surface area (Å²) in [7, 11) is 0. The summed E-state index contributed by atoms with van der Waals surface area (Å²) in [5, 5.41) is 15.2. The lowest BCUT2D eigenvalue weighted by Crippen LogP contribution is -2.14. The van der Waals surface area contributed by atoms with E-state index in [9.17, 15) is 14.9 Å². The molecule has 0 fully saturated rings. The summed E-state index contributed by atoms with van der Waals surface area (Å²) in [5.74, 6) is -0.576. The van der Waals surface area contributed by atoms with E-state index < -0.39 is 10.8 Å². The van der Waals surface area contributed by atoms with Gasteiger partial charge in [-0.1, -0.05) is 51.9 Å². The average molecular weight is 387 g/mol. The van der Waals surface area contributed by atoms with E-state index in [4.69, 9.17) is 11.5 Å². The Balaban J connectivity index is 2.09.